The molecule has 1 rings (SSSR count). The summed E-state index contributed by atoms with van der Waals surface area (Å²) in [5.41, 5.74) is 1.14. The number of hydrogen-bond acceptors (Lipinski definition) is 2. The molecule has 0 aliphatic rings. The molecule has 0 saturated carbocycles. The monoisotopic (exact) mass is 262 g/mol. The van der Waals surface area contributed by atoms with Crippen LogP contribution in [0.4, 0.5) is 0 Å². The third-order valence-corrected chi connectivity index (χ3v) is 2.95. The Morgan fingerprint density at radius 3 is 1.94 bits per heavy atom. The van der Waals surface area contributed by atoms with Crippen molar-refractivity contribution in [1.29, 1.82) is 0 Å². The van der Waals surface area contributed by atoms with Gasteiger partial charge in [-0.25, -0.2) is 0 Å². The maximum absolute atomic E-state index is 8.97. The van der Waals surface area contributed by atoms with Crippen molar-refractivity contribution in [3.8, 4) is 0 Å². The van der Waals surface area contributed by atoms with Crippen molar-refractivity contribution in [3.63, 3.8) is 0 Å². The predicted octanol–water partition coefficient (Wildman–Crippen LogP) is 2.82. The quantitative estimate of drug-likeness (QED) is 0.805. The summed E-state index contributed by atoms with van der Waals surface area (Å²) in [5.74, 6) is 0.255. The zero-order valence-corrected chi connectivity index (χ0v) is 11.5. The second kappa shape index (κ2) is 7.18. The third kappa shape index (κ3) is 3.67. The van der Waals surface area contributed by atoms with E-state index < -0.39 is 7.12 Å². The van der Waals surface area contributed by atoms with Crippen molar-refractivity contribution < 1.29 is 10.0 Å². The standard InChI is InChI=1S/C9H11BCl2O2.C2H6/c1-5(2)6-3-4-7(10(13)14)9(12)8(6)11;1-2/h3-5,13-14H,1-2H3;1-2H3. The Bertz CT molecular complexity index is 308. The first-order chi connectivity index (χ1) is 7.45. The zero-order chi connectivity index (χ0) is 12.9. The van der Waals surface area contributed by atoms with Crippen LogP contribution in [0.1, 0.15) is 39.2 Å². The molecule has 0 fully saturated rings. The van der Waals surface area contributed by atoms with E-state index in [2.05, 4.69) is 0 Å². The van der Waals surface area contributed by atoms with Crippen molar-refractivity contribution in [2.75, 3.05) is 0 Å². The van der Waals surface area contributed by atoms with Crippen LogP contribution in [0.15, 0.2) is 12.1 Å². The summed E-state index contributed by atoms with van der Waals surface area (Å²) in [5, 5.41) is 18.6. The van der Waals surface area contributed by atoms with Gasteiger partial charge in [0, 0.05) is 5.46 Å². The molecule has 0 aliphatic heterocycles. The molecule has 1 aromatic carbocycles. The lowest BCUT2D eigenvalue weighted by Crippen LogP contribution is -2.31. The first kappa shape index (κ1) is 15.8. The van der Waals surface area contributed by atoms with Gasteiger partial charge in [0.2, 0.25) is 0 Å². The van der Waals surface area contributed by atoms with Crippen LogP contribution in [0, 0.1) is 0 Å². The van der Waals surface area contributed by atoms with Gasteiger partial charge in [-0.05, 0) is 11.5 Å². The topological polar surface area (TPSA) is 40.5 Å². The number of benzene rings is 1. The normalized spacial score (nSPS) is 9.81. The summed E-state index contributed by atoms with van der Waals surface area (Å²) in [7, 11) is -1.58. The molecule has 5 heteroatoms. The maximum atomic E-state index is 8.97. The van der Waals surface area contributed by atoms with Crippen molar-refractivity contribution in [3.05, 3.63) is 27.7 Å². The number of hydrogen-bond donors (Lipinski definition) is 2. The molecule has 0 saturated heterocycles. The van der Waals surface area contributed by atoms with Crippen LogP contribution in [-0.4, -0.2) is 17.2 Å². The van der Waals surface area contributed by atoms with E-state index in [4.69, 9.17) is 33.2 Å². The second-order valence-corrected chi connectivity index (χ2v) is 4.16. The van der Waals surface area contributed by atoms with E-state index in [1.807, 2.05) is 27.7 Å². The van der Waals surface area contributed by atoms with Gasteiger partial charge < -0.3 is 10.0 Å². The lowest BCUT2D eigenvalue weighted by Gasteiger charge is -2.12. The van der Waals surface area contributed by atoms with E-state index in [9.17, 15) is 0 Å². The highest BCUT2D eigenvalue weighted by atomic mass is 35.5. The van der Waals surface area contributed by atoms with Crippen molar-refractivity contribution in [2.24, 2.45) is 0 Å². The Labute approximate surface area is 107 Å². The van der Waals surface area contributed by atoms with Gasteiger partial charge in [0.1, 0.15) is 0 Å². The Kier molecular flexibility index (Phi) is 7.08. The van der Waals surface area contributed by atoms with Gasteiger partial charge in [-0.1, -0.05) is 63.0 Å². The zero-order valence-electron chi connectivity index (χ0n) is 9.96. The summed E-state index contributed by atoms with van der Waals surface area (Å²) in [6.45, 7) is 7.99. The van der Waals surface area contributed by atoms with Crippen molar-refractivity contribution in [2.45, 2.75) is 33.6 Å². The number of halogens is 2. The minimum Gasteiger partial charge on any atom is -0.423 e. The molecule has 0 atom stereocenters. The summed E-state index contributed by atoms with van der Waals surface area (Å²) in [4.78, 5) is 0. The minimum absolute atomic E-state index is 0.216. The SMILES string of the molecule is CC.CC(C)c1ccc(B(O)O)c(Cl)c1Cl. The molecular formula is C11H17BCl2O2. The van der Waals surface area contributed by atoms with Crippen LogP contribution in [0.25, 0.3) is 0 Å². The minimum atomic E-state index is -1.58. The molecule has 0 bridgehead atoms. The van der Waals surface area contributed by atoms with Gasteiger partial charge in [0.15, 0.2) is 0 Å². The molecule has 0 aliphatic carbocycles. The average molecular weight is 263 g/mol. The molecule has 2 nitrogen and oxygen atoms in total. The summed E-state index contributed by atoms with van der Waals surface area (Å²) in [6.07, 6.45) is 0. The molecule has 0 radical (unpaired) electrons. The van der Waals surface area contributed by atoms with E-state index in [1.165, 1.54) is 0 Å². The summed E-state index contributed by atoms with van der Waals surface area (Å²) >= 11 is 11.9. The fourth-order valence-electron chi connectivity index (χ4n) is 1.22. The van der Waals surface area contributed by atoms with Crippen LogP contribution >= 0.6 is 23.2 Å². The Hall–Kier alpha value is -0.215. The first-order valence-electron chi connectivity index (χ1n) is 5.29. The smallest absolute Gasteiger partial charge is 0.423 e. The van der Waals surface area contributed by atoms with Crippen molar-refractivity contribution >= 4 is 35.8 Å². The predicted molar refractivity (Wildman–Crippen MR) is 71.7 cm³/mol. The van der Waals surface area contributed by atoms with Gasteiger partial charge in [-0.15, -0.1) is 0 Å². The molecule has 0 spiro atoms. The van der Waals surface area contributed by atoms with E-state index >= 15 is 0 Å². The van der Waals surface area contributed by atoms with Gasteiger partial charge in [-0.2, -0.15) is 0 Å². The maximum Gasteiger partial charge on any atom is 0.490 e. The van der Waals surface area contributed by atoms with E-state index in [-0.39, 0.29) is 16.4 Å². The highest BCUT2D eigenvalue weighted by Crippen LogP contribution is 2.29. The van der Waals surface area contributed by atoms with Gasteiger partial charge >= 0.3 is 7.12 Å². The van der Waals surface area contributed by atoms with Crippen molar-refractivity contribution in [1.82, 2.24) is 0 Å². The Balaban J connectivity index is 0.00000106. The highest BCUT2D eigenvalue weighted by Gasteiger charge is 2.19. The third-order valence-electron chi connectivity index (χ3n) is 2.04. The molecule has 0 unspecified atom stereocenters. The molecule has 1 aromatic rings. The molecule has 0 amide bonds. The second-order valence-electron chi connectivity index (χ2n) is 3.40. The van der Waals surface area contributed by atoms with E-state index in [0.717, 1.165) is 5.56 Å². The fraction of sp³-hybridized carbons (Fsp3) is 0.455. The van der Waals surface area contributed by atoms with E-state index in [0.29, 0.717) is 5.02 Å². The van der Waals surface area contributed by atoms with Gasteiger partial charge in [-0.3, -0.25) is 0 Å². The Morgan fingerprint density at radius 1 is 1.06 bits per heavy atom. The molecule has 16 heavy (non-hydrogen) atoms. The molecule has 0 heterocycles. The average Bonchev–Trinajstić information content (AvgIpc) is 2.23. The summed E-state index contributed by atoms with van der Waals surface area (Å²) < 4.78 is 0. The van der Waals surface area contributed by atoms with E-state index in [1.54, 1.807) is 12.1 Å². The lowest BCUT2D eigenvalue weighted by molar-refractivity contribution is 0.426. The largest absolute Gasteiger partial charge is 0.490 e. The van der Waals surface area contributed by atoms with Crippen LogP contribution in [0.5, 0.6) is 0 Å². The molecule has 90 valence electrons. The van der Waals surface area contributed by atoms with Crippen LogP contribution in [-0.2, 0) is 0 Å². The van der Waals surface area contributed by atoms with Gasteiger partial charge in [0.25, 0.3) is 0 Å². The van der Waals surface area contributed by atoms with Gasteiger partial charge in [0.05, 0.1) is 10.0 Å². The van der Waals surface area contributed by atoms with Crippen LogP contribution in [0.2, 0.25) is 10.0 Å². The molecular weight excluding hydrogens is 246 g/mol. The van der Waals surface area contributed by atoms with Crippen LogP contribution in [0.3, 0.4) is 0 Å². The fourth-order valence-corrected chi connectivity index (χ4v) is 1.88. The Morgan fingerprint density at radius 2 is 1.56 bits per heavy atom. The highest BCUT2D eigenvalue weighted by molar-refractivity contribution is 6.64. The molecule has 0 aromatic heterocycles. The summed E-state index contributed by atoms with van der Waals surface area (Å²) in [6, 6.07) is 3.34. The lowest BCUT2D eigenvalue weighted by atomic mass is 9.79. The number of rotatable bonds is 2. The van der Waals surface area contributed by atoms with Crippen LogP contribution < -0.4 is 5.46 Å². The molecule has 2 N–H and O–H groups in total. The first-order valence-corrected chi connectivity index (χ1v) is 6.04.